The quantitative estimate of drug-likeness (QED) is 0.563. The van der Waals surface area contributed by atoms with E-state index in [-0.39, 0.29) is 18.9 Å². The molecule has 0 fully saturated rings. The number of nitrogens with two attached hydrogens (primary N) is 1. The molecule has 5 heteroatoms. The van der Waals surface area contributed by atoms with Crippen molar-refractivity contribution in [1.29, 1.82) is 0 Å². The van der Waals surface area contributed by atoms with Gasteiger partial charge >= 0.3 is 5.97 Å². The summed E-state index contributed by atoms with van der Waals surface area (Å²) < 4.78 is 0. The largest absolute Gasteiger partial charge is 0.481 e. The van der Waals surface area contributed by atoms with Crippen LogP contribution in [0.2, 0.25) is 0 Å². The molecule has 1 unspecified atom stereocenters. The number of carbonyl (C=O) groups is 2. The number of carbonyl (C=O) groups excluding carboxylic acids is 1. The van der Waals surface area contributed by atoms with Crippen LogP contribution >= 0.6 is 0 Å². The van der Waals surface area contributed by atoms with Gasteiger partial charge in [-0.1, -0.05) is 13.8 Å². The van der Waals surface area contributed by atoms with Crippen LogP contribution in [0.4, 0.5) is 0 Å². The van der Waals surface area contributed by atoms with Crippen LogP contribution in [0.25, 0.3) is 0 Å². The first kappa shape index (κ1) is 15.9. The lowest BCUT2D eigenvalue weighted by molar-refractivity contribution is -0.136. The molecule has 17 heavy (non-hydrogen) atoms. The summed E-state index contributed by atoms with van der Waals surface area (Å²) in [5.41, 5.74) is 5.52. The van der Waals surface area contributed by atoms with Crippen LogP contribution in [0.3, 0.4) is 0 Å². The van der Waals surface area contributed by atoms with E-state index in [4.69, 9.17) is 10.8 Å². The predicted molar refractivity (Wildman–Crippen MR) is 66.5 cm³/mol. The number of rotatable bonds is 9. The summed E-state index contributed by atoms with van der Waals surface area (Å²) in [5.74, 6) is 0.0120. The highest BCUT2D eigenvalue weighted by Gasteiger charge is 2.14. The van der Waals surface area contributed by atoms with Crippen molar-refractivity contribution >= 4 is 11.9 Å². The number of hydrogen-bond donors (Lipinski definition) is 3. The third-order valence-corrected chi connectivity index (χ3v) is 2.88. The van der Waals surface area contributed by atoms with Gasteiger partial charge in [0.05, 0.1) is 6.42 Å². The molecule has 0 rings (SSSR count). The van der Waals surface area contributed by atoms with E-state index in [1.165, 1.54) is 0 Å². The van der Waals surface area contributed by atoms with Gasteiger partial charge in [0.15, 0.2) is 0 Å². The maximum Gasteiger partial charge on any atom is 0.305 e. The SMILES string of the molecule is CC(C)C(CCN)CCC(=O)NCCC(=O)O. The van der Waals surface area contributed by atoms with Crippen LogP contribution in [0.5, 0.6) is 0 Å². The molecular formula is C12H24N2O3. The number of aliphatic carboxylic acids is 1. The topological polar surface area (TPSA) is 92.4 Å². The summed E-state index contributed by atoms with van der Waals surface area (Å²) >= 11 is 0. The third-order valence-electron chi connectivity index (χ3n) is 2.88. The predicted octanol–water partition coefficient (Wildman–Crippen LogP) is 0.979. The fourth-order valence-corrected chi connectivity index (χ4v) is 1.74. The van der Waals surface area contributed by atoms with Crippen molar-refractivity contribution in [2.24, 2.45) is 17.6 Å². The summed E-state index contributed by atoms with van der Waals surface area (Å²) in [5, 5.41) is 11.0. The Morgan fingerprint density at radius 2 is 1.88 bits per heavy atom. The van der Waals surface area contributed by atoms with Crippen LogP contribution < -0.4 is 11.1 Å². The molecule has 100 valence electrons. The fraction of sp³-hybridized carbons (Fsp3) is 0.833. The molecule has 0 aliphatic rings. The standard InChI is InChI=1S/C12H24N2O3/c1-9(2)10(5-7-13)3-4-11(15)14-8-6-12(16)17/h9-10H,3-8,13H2,1-2H3,(H,14,15)(H,16,17). The number of amides is 1. The molecule has 1 atom stereocenters. The molecule has 1 amide bonds. The molecule has 0 spiro atoms. The molecular weight excluding hydrogens is 220 g/mol. The highest BCUT2D eigenvalue weighted by atomic mass is 16.4. The van der Waals surface area contributed by atoms with Gasteiger partial charge in [-0.15, -0.1) is 0 Å². The van der Waals surface area contributed by atoms with Gasteiger partial charge in [-0.05, 0) is 31.2 Å². The summed E-state index contributed by atoms with van der Waals surface area (Å²) in [6.45, 7) is 5.10. The second-order valence-electron chi connectivity index (χ2n) is 4.61. The maximum absolute atomic E-state index is 11.4. The Morgan fingerprint density at radius 1 is 1.24 bits per heavy atom. The number of carboxylic acids is 1. The van der Waals surface area contributed by atoms with Crippen LogP contribution in [-0.2, 0) is 9.59 Å². The van der Waals surface area contributed by atoms with E-state index in [1.54, 1.807) is 0 Å². The molecule has 0 bridgehead atoms. The Balaban J connectivity index is 3.76. The summed E-state index contributed by atoms with van der Waals surface area (Å²) in [6, 6.07) is 0. The van der Waals surface area contributed by atoms with Crippen molar-refractivity contribution in [3.05, 3.63) is 0 Å². The Hall–Kier alpha value is -1.10. The minimum absolute atomic E-state index is 0.0256. The first-order chi connectivity index (χ1) is 7.97. The summed E-state index contributed by atoms with van der Waals surface area (Å²) in [7, 11) is 0. The zero-order valence-electron chi connectivity index (χ0n) is 10.7. The monoisotopic (exact) mass is 244 g/mol. The van der Waals surface area contributed by atoms with Crippen molar-refractivity contribution in [1.82, 2.24) is 5.32 Å². The first-order valence-electron chi connectivity index (χ1n) is 6.16. The van der Waals surface area contributed by atoms with Gasteiger partial charge < -0.3 is 16.2 Å². The van der Waals surface area contributed by atoms with E-state index in [9.17, 15) is 9.59 Å². The molecule has 0 saturated heterocycles. The van der Waals surface area contributed by atoms with Gasteiger partial charge in [0, 0.05) is 13.0 Å². The molecule has 0 aromatic heterocycles. The smallest absolute Gasteiger partial charge is 0.305 e. The summed E-state index contributed by atoms with van der Waals surface area (Å²) in [4.78, 5) is 21.7. The van der Waals surface area contributed by atoms with Crippen molar-refractivity contribution in [2.75, 3.05) is 13.1 Å². The van der Waals surface area contributed by atoms with E-state index in [1.807, 2.05) is 0 Å². The second-order valence-corrected chi connectivity index (χ2v) is 4.61. The summed E-state index contributed by atoms with van der Waals surface area (Å²) in [6.07, 6.45) is 2.17. The average molecular weight is 244 g/mol. The molecule has 0 heterocycles. The minimum Gasteiger partial charge on any atom is -0.481 e. The van der Waals surface area contributed by atoms with Crippen LogP contribution in [0, 0.1) is 11.8 Å². The normalized spacial score (nSPS) is 12.5. The first-order valence-corrected chi connectivity index (χ1v) is 6.16. The molecule has 0 aliphatic carbocycles. The molecule has 0 radical (unpaired) electrons. The lowest BCUT2D eigenvalue weighted by Gasteiger charge is -2.19. The molecule has 4 N–H and O–H groups in total. The molecule has 0 saturated carbocycles. The van der Waals surface area contributed by atoms with E-state index >= 15 is 0 Å². The highest BCUT2D eigenvalue weighted by Crippen LogP contribution is 2.20. The van der Waals surface area contributed by atoms with Gasteiger partial charge in [-0.2, -0.15) is 0 Å². The fourth-order valence-electron chi connectivity index (χ4n) is 1.74. The van der Waals surface area contributed by atoms with E-state index in [2.05, 4.69) is 19.2 Å². The van der Waals surface area contributed by atoms with Crippen molar-refractivity contribution in [2.45, 2.75) is 39.5 Å². The minimum atomic E-state index is -0.895. The van der Waals surface area contributed by atoms with Gasteiger partial charge in [-0.3, -0.25) is 9.59 Å². The van der Waals surface area contributed by atoms with Crippen molar-refractivity contribution in [3.63, 3.8) is 0 Å². The second kappa shape index (κ2) is 8.98. The maximum atomic E-state index is 11.4. The lowest BCUT2D eigenvalue weighted by atomic mass is 9.88. The van der Waals surface area contributed by atoms with Crippen LogP contribution in [0.15, 0.2) is 0 Å². The van der Waals surface area contributed by atoms with Crippen LogP contribution in [0.1, 0.15) is 39.5 Å². The number of hydrogen-bond acceptors (Lipinski definition) is 3. The Bertz CT molecular complexity index is 242. The Labute approximate surface area is 103 Å². The van der Waals surface area contributed by atoms with Gasteiger partial charge in [0.1, 0.15) is 0 Å². The van der Waals surface area contributed by atoms with E-state index < -0.39 is 5.97 Å². The zero-order valence-corrected chi connectivity index (χ0v) is 10.7. The highest BCUT2D eigenvalue weighted by molar-refractivity contribution is 5.76. The number of nitrogens with one attached hydrogen (secondary N) is 1. The Morgan fingerprint density at radius 3 is 2.35 bits per heavy atom. The molecule has 0 aromatic carbocycles. The van der Waals surface area contributed by atoms with Gasteiger partial charge in [0.25, 0.3) is 0 Å². The molecule has 0 aromatic rings. The van der Waals surface area contributed by atoms with E-state index in [0.717, 1.165) is 12.8 Å². The van der Waals surface area contributed by atoms with Crippen molar-refractivity contribution < 1.29 is 14.7 Å². The lowest BCUT2D eigenvalue weighted by Crippen LogP contribution is -2.27. The van der Waals surface area contributed by atoms with E-state index in [0.29, 0.717) is 24.8 Å². The van der Waals surface area contributed by atoms with Crippen LogP contribution in [-0.4, -0.2) is 30.1 Å². The van der Waals surface area contributed by atoms with Crippen molar-refractivity contribution in [3.8, 4) is 0 Å². The number of carboxylic acid groups (broad SMARTS) is 1. The average Bonchev–Trinajstić information content (AvgIpc) is 2.23. The molecule has 5 nitrogen and oxygen atoms in total. The molecule has 0 aliphatic heterocycles. The van der Waals surface area contributed by atoms with Gasteiger partial charge in [0.2, 0.25) is 5.91 Å². The Kier molecular flexibility index (Phi) is 8.40. The third kappa shape index (κ3) is 8.68. The zero-order chi connectivity index (χ0) is 13.3. The van der Waals surface area contributed by atoms with Gasteiger partial charge in [-0.25, -0.2) is 0 Å².